The number of hydrogen-bond donors (Lipinski definition) is 0. The van der Waals surface area contributed by atoms with Gasteiger partial charge in [-0.1, -0.05) is 24.3 Å². The summed E-state index contributed by atoms with van der Waals surface area (Å²) in [6.07, 6.45) is 4.96. The molecule has 1 aliphatic rings. The number of rotatable bonds is 6. The molecule has 0 unspecified atom stereocenters. The van der Waals surface area contributed by atoms with Gasteiger partial charge >= 0.3 is 0 Å². The standard InChI is InChI=1S/C20H22N4O3S/c1-28(26,27)24(14-16-4-6-17(15-25)7-5-16)19-8-11-23(12-9-19)20-18(13-21)3-2-10-22-20/h2-7,10,15,19H,8-9,11-12,14H2,1H3. The van der Waals surface area contributed by atoms with Crippen molar-refractivity contribution >= 4 is 22.1 Å². The zero-order chi connectivity index (χ0) is 20.1. The second-order valence-electron chi connectivity index (χ2n) is 6.87. The molecule has 2 aromatic rings. The van der Waals surface area contributed by atoms with Crippen molar-refractivity contribution in [1.82, 2.24) is 9.29 Å². The third kappa shape index (κ3) is 4.55. The Hall–Kier alpha value is -2.76. The molecule has 1 aromatic heterocycles. The molecule has 0 saturated carbocycles. The molecular weight excluding hydrogens is 376 g/mol. The summed E-state index contributed by atoms with van der Waals surface area (Å²) >= 11 is 0. The molecule has 0 bridgehead atoms. The van der Waals surface area contributed by atoms with Crippen LogP contribution in [-0.2, 0) is 16.6 Å². The van der Waals surface area contributed by atoms with Crippen LogP contribution in [-0.4, -0.2) is 49.4 Å². The van der Waals surface area contributed by atoms with E-state index in [0.29, 0.717) is 42.9 Å². The van der Waals surface area contributed by atoms with Crippen molar-refractivity contribution in [1.29, 1.82) is 5.26 Å². The monoisotopic (exact) mass is 398 g/mol. The summed E-state index contributed by atoms with van der Waals surface area (Å²) in [6, 6.07) is 12.5. The Kier molecular flexibility index (Phi) is 6.07. The van der Waals surface area contributed by atoms with E-state index in [4.69, 9.17) is 0 Å². The van der Waals surface area contributed by atoms with Gasteiger partial charge < -0.3 is 4.90 Å². The molecule has 1 aromatic carbocycles. The van der Waals surface area contributed by atoms with E-state index in [0.717, 1.165) is 11.8 Å². The molecule has 7 nitrogen and oxygen atoms in total. The van der Waals surface area contributed by atoms with E-state index in [9.17, 15) is 18.5 Å². The van der Waals surface area contributed by atoms with Gasteiger partial charge in [0.1, 0.15) is 18.2 Å². The normalized spacial score (nSPS) is 15.4. The maximum atomic E-state index is 12.4. The lowest BCUT2D eigenvalue weighted by atomic mass is 10.0. The molecule has 28 heavy (non-hydrogen) atoms. The van der Waals surface area contributed by atoms with Gasteiger partial charge in [-0.2, -0.15) is 9.57 Å². The third-order valence-electron chi connectivity index (χ3n) is 4.96. The zero-order valence-corrected chi connectivity index (χ0v) is 16.5. The number of carbonyl (C=O) groups excluding carboxylic acids is 1. The Bertz CT molecular complexity index is 975. The predicted molar refractivity (Wildman–Crippen MR) is 106 cm³/mol. The van der Waals surface area contributed by atoms with E-state index in [1.54, 1.807) is 42.6 Å². The minimum Gasteiger partial charge on any atom is -0.355 e. The van der Waals surface area contributed by atoms with E-state index in [1.807, 2.05) is 4.90 Å². The summed E-state index contributed by atoms with van der Waals surface area (Å²) in [4.78, 5) is 17.2. The van der Waals surface area contributed by atoms with E-state index in [2.05, 4.69) is 11.1 Å². The lowest BCUT2D eigenvalue weighted by Gasteiger charge is -2.38. The topological polar surface area (TPSA) is 94.4 Å². The molecule has 8 heteroatoms. The van der Waals surface area contributed by atoms with Gasteiger partial charge in [-0.05, 0) is 30.5 Å². The average molecular weight is 398 g/mol. The van der Waals surface area contributed by atoms with Gasteiger partial charge in [0.25, 0.3) is 0 Å². The van der Waals surface area contributed by atoms with E-state index < -0.39 is 10.0 Å². The Labute approximate surface area is 165 Å². The number of aldehydes is 1. The lowest BCUT2D eigenvalue weighted by molar-refractivity contribution is 0.112. The molecule has 1 aliphatic heterocycles. The molecule has 0 spiro atoms. The van der Waals surface area contributed by atoms with Crippen LogP contribution in [0.25, 0.3) is 0 Å². The van der Waals surface area contributed by atoms with Gasteiger partial charge in [0.15, 0.2) is 0 Å². The van der Waals surface area contributed by atoms with Crippen LogP contribution in [0.5, 0.6) is 0 Å². The summed E-state index contributed by atoms with van der Waals surface area (Å²) in [5.74, 6) is 0.652. The number of sulfonamides is 1. The van der Waals surface area contributed by atoms with Crippen LogP contribution in [0.2, 0.25) is 0 Å². The highest BCUT2D eigenvalue weighted by Gasteiger charge is 2.31. The van der Waals surface area contributed by atoms with Gasteiger partial charge in [-0.15, -0.1) is 0 Å². The van der Waals surface area contributed by atoms with Crippen molar-refractivity contribution in [2.75, 3.05) is 24.2 Å². The predicted octanol–water partition coefficient (Wildman–Crippen LogP) is 2.20. The van der Waals surface area contributed by atoms with Crippen LogP contribution in [0.15, 0.2) is 42.6 Å². The van der Waals surface area contributed by atoms with Crippen LogP contribution >= 0.6 is 0 Å². The minimum absolute atomic E-state index is 0.119. The summed E-state index contributed by atoms with van der Waals surface area (Å²) < 4.78 is 26.4. The number of pyridine rings is 1. The second kappa shape index (κ2) is 8.50. The molecule has 1 fully saturated rings. The quantitative estimate of drug-likeness (QED) is 0.693. The highest BCUT2D eigenvalue weighted by molar-refractivity contribution is 7.88. The Balaban J connectivity index is 1.73. The van der Waals surface area contributed by atoms with Gasteiger partial charge in [0.2, 0.25) is 10.0 Å². The largest absolute Gasteiger partial charge is 0.355 e. The van der Waals surface area contributed by atoms with E-state index in [-0.39, 0.29) is 12.6 Å². The van der Waals surface area contributed by atoms with Crippen molar-refractivity contribution < 1.29 is 13.2 Å². The number of nitriles is 1. The average Bonchev–Trinajstić information content (AvgIpc) is 2.72. The first-order valence-electron chi connectivity index (χ1n) is 9.03. The van der Waals surface area contributed by atoms with Gasteiger partial charge in [0.05, 0.1) is 11.8 Å². The maximum absolute atomic E-state index is 12.4. The van der Waals surface area contributed by atoms with Crippen molar-refractivity contribution in [2.45, 2.75) is 25.4 Å². The highest BCUT2D eigenvalue weighted by Crippen LogP contribution is 2.26. The van der Waals surface area contributed by atoms with Gasteiger partial charge in [-0.3, -0.25) is 4.79 Å². The molecule has 2 heterocycles. The van der Waals surface area contributed by atoms with E-state index >= 15 is 0 Å². The minimum atomic E-state index is -3.40. The first kappa shape index (κ1) is 20.0. The van der Waals surface area contributed by atoms with Crippen molar-refractivity contribution in [3.8, 4) is 6.07 Å². The molecule has 0 N–H and O–H groups in total. The van der Waals surface area contributed by atoms with Crippen LogP contribution < -0.4 is 4.90 Å². The van der Waals surface area contributed by atoms with E-state index in [1.165, 1.54) is 10.6 Å². The SMILES string of the molecule is CS(=O)(=O)N(Cc1ccc(C=O)cc1)C1CCN(c2ncccc2C#N)CC1. The van der Waals surface area contributed by atoms with Crippen molar-refractivity contribution in [2.24, 2.45) is 0 Å². The number of benzene rings is 1. The number of aromatic nitrogens is 1. The fourth-order valence-corrected chi connectivity index (χ4v) is 4.64. The van der Waals surface area contributed by atoms with Crippen molar-refractivity contribution in [3.63, 3.8) is 0 Å². The molecule has 146 valence electrons. The lowest BCUT2D eigenvalue weighted by Crippen LogP contribution is -2.47. The molecule has 0 atom stereocenters. The molecule has 0 radical (unpaired) electrons. The Morgan fingerprint density at radius 3 is 2.50 bits per heavy atom. The molecule has 0 amide bonds. The fourth-order valence-electron chi connectivity index (χ4n) is 3.50. The first-order chi connectivity index (χ1) is 13.4. The molecule has 0 aliphatic carbocycles. The number of anilines is 1. The number of hydrogen-bond acceptors (Lipinski definition) is 6. The van der Waals surface area contributed by atoms with Crippen molar-refractivity contribution in [3.05, 3.63) is 59.3 Å². The number of piperidine rings is 1. The van der Waals surface area contributed by atoms with Crippen LogP contribution in [0, 0.1) is 11.3 Å². The Morgan fingerprint density at radius 1 is 1.25 bits per heavy atom. The summed E-state index contributed by atoms with van der Waals surface area (Å²) in [6.45, 7) is 1.54. The summed E-state index contributed by atoms with van der Waals surface area (Å²) in [5, 5.41) is 9.27. The zero-order valence-electron chi connectivity index (χ0n) is 15.7. The number of nitrogens with zero attached hydrogens (tertiary/aromatic N) is 4. The summed E-state index contributed by atoms with van der Waals surface area (Å²) in [7, 11) is -3.40. The second-order valence-corrected chi connectivity index (χ2v) is 8.81. The number of carbonyl (C=O) groups is 1. The van der Waals surface area contributed by atoms with Crippen LogP contribution in [0.4, 0.5) is 5.82 Å². The molecular formula is C20H22N4O3S. The van der Waals surface area contributed by atoms with Gasteiger partial charge in [-0.25, -0.2) is 13.4 Å². The van der Waals surface area contributed by atoms with Gasteiger partial charge in [0, 0.05) is 37.4 Å². The fraction of sp³-hybridized carbons (Fsp3) is 0.350. The molecule has 3 rings (SSSR count). The summed E-state index contributed by atoms with van der Waals surface area (Å²) in [5.41, 5.74) is 1.93. The van der Waals surface area contributed by atoms with Crippen LogP contribution in [0.1, 0.15) is 34.3 Å². The van der Waals surface area contributed by atoms with Crippen LogP contribution in [0.3, 0.4) is 0 Å². The highest BCUT2D eigenvalue weighted by atomic mass is 32.2. The third-order valence-corrected chi connectivity index (χ3v) is 6.24. The first-order valence-corrected chi connectivity index (χ1v) is 10.9. The Morgan fingerprint density at radius 2 is 1.93 bits per heavy atom. The smallest absolute Gasteiger partial charge is 0.211 e. The maximum Gasteiger partial charge on any atom is 0.211 e. The molecule has 1 saturated heterocycles.